The predicted molar refractivity (Wildman–Crippen MR) is 103 cm³/mol. The molecular weight excluding hydrogens is 441 g/mol. The van der Waals surface area contributed by atoms with E-state index in [4.69, 9.17) is 9.47 Å². The Bertz CT molecular complexity index is 766. The van der Waals surface area contributed by atoms with Crippen LogP contribution in [0.1, 0.15) is 10.9 Å². The third-order valence-corrected chi connectivity index (χ3v) is 5.81. The summed E-state index contributed by atoms with van der Waals surface area (Å²) in [4.78, 5) is 14.2. The Kier molecular flexibility index (Phi) is 5.09. The van der Waals surface area contributed by atoms with Gasteiger partial charge in [-0.25, -0.2) is 0 Å². The topological polar surface area (TPSA) is 59.0 Å². The van der Waals surface area contributed by atoms with Gasteiger partial charge in [0.15, 0.2) is 11.5 Å². The Labute approximate surface area is 158 Å². The van der Waals surface area contributed by atoms with Crippen LogP contribution in [0, 0.1) is 3.57 Å². The summed E-state index contributed by atoms with van der Waals surface area (Å²) in [6.07, 6.45) is 0. The zero-order valence-corrected chi connectivity index (χ0v) is 16.1. The zero-order chi connectivity index (χ0) is 17.3. The summed E-state index contributed by atoms with van der Waals surface area (Å²) in [6.45, 7) is 0. The summed E-state index contributed by atoms with van der Waals surface area (Å²) >= 11 is 3.62. The van der Waals surface area contributed by atoms with Gasteiger partial charge in [0.1, 0.15) is 11.1 Å². The van der Waals surface area contributed by atoms with E-state index in [0.29, 0.717) is 15.1 Å². The second-order valence-corrected chi connectivity index (χ2v) is 7.41. The van der Waals surface area contributed by atoms with Crippen molar-refractivity contribution in [3.63, 3.8) is 0 Å². The molecule has 7 heteroatoms. The number of methoxy groups -OCH3 is 2. The highest BCUT2D eigenvalue weighted by atomic mass is 127. The molecule has 0 bridgehead atoms. The van der Waals surface area contributed by atoms with Crippen LogP contribution in [0.5, 0.6) is 17.2 Å². The molecule has 1 saturated heterocycles. The number of carbonyl (C=O) groups is 1. The summed E-state index contributed by atoms with van der Waals surface area (Å²) in [5.41, 5.74) is 1.73. The summed E-state index contributed by atoms with van der Waals surface area (Å²) < 4.78 is 11.1. The quantitative estimate of drug-likeness (QED) is 0.709. The molecule has 1 heterocycles. The molecule has 0 aliphatic carbocycles. The van der Waals surface area contributed by atoms with Crippen molar-refractivity contribution in [2.24, 2.45) is 0 Å². The lowest BCUT2D eigenvalue weighted by Gasteiger charge is -2.25. The van der Waals surface area contributed by atoms with Crippen molar-refractivity contribution in [3.8, 4) is 17.2 Å². The van der Waals surface area contributed by atoms with E-state index in [9.17, 15) is 9.90 Å². The van der Waals surface area contributed by atoms with Crippen molar-refractivity contribution >= 4 is 45.9 Å². The molecule has 2 aromatic carbocycles. The number of rotatable bonds is 4. The molecular formula is C17H16INO4S. The van der Waals surface area contributed by atoms with Gasteiger partial charge in [0.2, 0.25) is 5.91 Å². The first-order chi connectivity index (χ1) is 11.5. The lowest BCUT2D eigenvalue weighted by atomic mass is 10.1. The first-order valence-electron chi connectivity index (χ1n) is 7.19. The van der Waals surface area contributed by atoms with Crippen molar-refractivity contribution in [2.75, 3.05) is 24.9 Å². The van der Waals surface area contributed by atoms with E-state index in [-0.39, 0.29) is 17.0 Å². The lowest BCUT2D eigenvalue weighted by Crippen LogP contribution is -2.27. The van der Waals surface area contributed by atoms with Crippen LogP contribution in [0.15, 0.2) is 36.4 Å². The molecule has 1 unspecified atom stereocenters. The molecule has 0 spiro atoms. The highest BCUT2D eigenvalue weighted by Crippen LogP contribution is 2.45. The Morgan fingerprint density at radius 2 is 1.92 bits per heavy atom. The van der Waals surface area contributed by atoms with Crippen LogP contribution < -0.4 is 14.4 Å². The average Bonchev–Trinajstić information content (AvgIpc) is 2.99. The van der Waals surface area contributed by atoms with Crippen LogP contribution in [0.25, 0.3) is 0 Å². The van der Waals surface area contributed by atoms with E-state index in [2.05, 4.69) is 22.6 Å². The molecule has 1 atom stereocenters. The predicted octanol–water partition coefficient (Wildman–Crippen LogP) is 3.79. The standard InChI is InChI=1S/C17H16INO4S/c1-22-12-5-3-11(4-6-12)19-15(20)9-24-17(19)10-7-13(18)16(21)14(8-10)23-2/h3-8,17,21H,9H2,1-2H3. The molecule has 24 heavy (non-hydrogen) atoms. The van der Waals surface area contributed by atoms with E-state index >= 15 is 0 Å². The van der Waals surface area contributed by atoms with Crippen LogP contribution in [0.4, 0.5) is 5.69 Å². The maximum absolute atomic E-state index is 12.4. The Hall–Kier alpha value is -1.61. The molecule has 5 nitrogen and oxygen atoms in total. The highest BCUT2D eigenvalue weighted by Gasteiger charge is 2.34. The minimum absolute atomic E-state index is 0.0530. The van der Waals surface area contributed by atoms with Crippen molar-refractivity contribution in [1.29, 1.82) is 0 Å². The van der Waals surface area contributed by atoms with Crippen molar-refractivity contribution in [2.45, 2.75) is 5.37 Å². The van der Waals surface area contributed by atoms with Crippen LogP contribution in [-0.4, -0.2) is 31.0 Å². The van der Waals surface area contributed by atoms with Gasteiger partial charge in [-0.2, -0.15) is 0 Å². The summed E-state index contributed by atoms with van der Waals surface area (Å²) in [6, 6.07) is 11.1. The first-order valence-corrected chi connectivity index (χ1v) is 9.32. The minimum atomic E-state index is -0.158. The molecule has 1 amide bonds. The number of phenols is 1. The molecule has 1 N–H and O–H groups in total. The van der Waals surface area contributed by atoms with Gasteiger partial charge in [-0.15, -0.1) is 11.8 Å². The number of hydrogen-bond donors (Lipinski definition) is 1. The van der Waals surface area contributed by atoms with Gasteiger partial charge >= 0.3 is 0 Å². The monoisotopic (exact) mass is 457 g/mol. The van der Waals surface area contributed by atoms with Gasteiger partial charge in [-0.05, 0) is 64.6 Å². The van der Waals surface area contributed by atoms with Gasteiger partial charge in [-0.1, -0.05) is 0 Å². The Morgan fingerprint density at radius 1 is 1.21 bits per heavy atom. The molecule has 1 fully saturated rings. The van der Waals surface area contributed by atoms with Crippen molar-refractivity contribution in [3.05, 3.63) is 45.5 Å². The van der Waals surface area contributed by atoms with E-state index in [1.807, 2.05) is 30.3 Å². The summed E-state index contributed by atoms with van der Waals surface area (Å²) in [7, 11) is 3.13. The minimum Gasteiger partial charge on any atom is -0.504 e. The number of nitrogens with zero attached hydrogens (tertiary/aromatic N) is 1. The summed E-state index contributed by atoms with van der Waals surface area (Å²) in [5, 5.41) is 9.87. The fraction of sp³-hybridized carbons (Fsp3) is 0.235. The van der Waals surface area contributed by atoms with E-state index in [0.717, 1.165) is 17.0 Å². The fourth-order valence-corrected chi connectivity index (χ4v) is 4.37. The second-order valence-electron chi connectivity index (χ2n) is 5.18. The molecule has 2 aromatic rings. The Morgan fingerprint density at radius 3 is 2.54 bits per heavy atom. The third kappa shape index (κ3) is 3.14. The molecule has 0 saturated carbocycles. The van der Waals surface area contributed by atoms with Crippen LogP contribution in [-0.2, 0) is 4.79 Å². The Balaban J connectivity index is 2.00. The number of carbonyl (C=O) groups excluding carboxylic acids is 1. The fourth-order valence-electron chi connectivity index (χ4n) is 2.58. The van der Waals surface area contributed by atoms with E-state index in [1.165, 1.54) is 7.11 Å². The van der Waals surface area contributed by atoms with Gasteiger partial charge in [0, 0.05) is 5.69 Å². The van der Waals surface area contributed by atoms with Gasteiger partial charge in [0.25, 0.3) is 0 Å². The van der Waals surface area contributed by atoms with E-state index < -0.39 is 0 Å². The van der Waals surface area contributed by atoms with Crippen molar-refractivity contribution in [1.82, 2.24) is 0 Å². The smallest absolute Gasteiger partial charge is 0.238 e. The van der Waals surface area contributed by atoms with Gasteiger partial charge in [0.05, 0.1) is 23.5 Å². The van der Waals surface area contributed by atoms with Crippen LogP contribution >= 0.6 is 34.4 Å². The van der Waals surface area contributed by atoms with E-state index in [1.54, 1.807) is 29.8 Å². The number of thioether (sulfide) groups is 1. The zero-order valence-electron chi connectivity index (χ0n) is 13.2. The highest BCUT2D eigenvalue weighted by molar-refractivity contribution is 14.1. The molecule has 1 aliphatic heterocycles. The number of phenolic OH excluding ortho intramolecular Hbond substituents is 1. The first kappa shape index (κ1) is 17.2. The largest absolute Gasteiger partial charge is 0.504 e. The second kappa shape index (κ2) is 7.10. The lowest BCUT2D eigenvalue weighted by molar-refractivity contribution is -0.115. The normalized spacial score (nSPS) is 17.2. The molecule has 1 aliphatic rings. The number of benzene rings is 2. The van der Waals surface area contributed by atoms with Gasteiger partial charge < -0.3 is 14.6 Å². The summed E-state index contributed by atoms with van der Waals surface area (Å²) in [5.74, 6) is 1.74. The third-order valence-electron chi connectivity index (χ3n) is 3.77. The maximum atomic E-state index is 12.4. The number of ether oxygens (including phenoxy) is 2. The molecule has 126 valence electrons. The van der Waals surface area contributed by atoms with Crippen LogP contribution in [0.3, 0.4) is 0 Å². The average molecular weight is 457 g/mol. The van der Waals surface area contributed by atoms with Gasteiger partial charge in [-0.3, -0.25) is 9.69 Å². The number of hydrogen-bond acceptors (Lipinski definition) is 5. The number of anilines is 1. The molecule has 0 radical (unpaired) electrons. The SMILES string of the molecule is COc1ccc(N2C(=O)CSC2c2cc(I)c(O)c(OC)c2)cc1. The van der Waals surface area contributed by atoms with Crippen LogP contribution in [0.2, 0.25) is 0 Å². The molecule has 0 aromatic heterocycles. The number of aromatic hydroxyl groups is 1. The number of halogens is 1. The van der Waals surface area contributed by atoms with Crippen molar-refractivity contribution < 1.29 is 19.4 Å². The maximum Gasteiger partial charge on any atom is 0.238 e. The number of amides is 1. The molecule has 3 rings (SSSR count).